The second kappa shape index (κ2) is 5.05. The van der Waals surface area contributed by atoms with Crippen LogP contribution in [0, 0.1) is 0 Å². The monoisotopic (exact) mass is 258 g/mol. The normalized spacial score (nSPS) is 11.1. The zero-order valence-electron chi connectivity index (χ0n) is 9.30. The highest BCUT2D eigenvalue weighted by Gasteiger charge is 2.10. The lowest BCUT2D eigenvalue weighted by Crippen LogP contribution is -2.21. The van der Waals surface area contributed by atoms with E-state index in [2.05, 4.69) is 5.32 Å². The fourth-order valence-electron chi connectivity index (χ4n) is 1.41. The standard InChI is InChI=1S/C10H14N2O4S/c1-17(15,16)6-8-4-9(11)3-2-7(8)5-12-10(13)14/h2-4,12H,5-6,11H2,1H3,(H,13,14). The number of hydrogen-bond acceptors (Lipinski definition) is 4. The Morgan fingerprint density at radius 1 is 1.41 bits per heavy atom. The van der Waals surface area contributed by atoms with Crippen LogP contribution in [-0.4, -0.2) is 25.9 Å². The summed E-state index contributed by atoms with van der Waals surface area (Å²) in [5.41, 5.74) is 7.14. The smallest absolute Gasteiger partial charge is 0.404 e. The molecule has 0 aliphatic heterocycles. The molecular weight excluding hydrogens is 244 g/mol. The van der Waals surface area contributed by atoms with Gasteiger partial charge in [0.05, 0.1) is 5.75 Å². The molecule has 0 saturated heterocycles. The summed E-state index contributed by atoms with van der Waals surface area (Å²) in [7, 11) is -3.19. The Labute approximate surface area is 99.4 Å². The highest BCUT2D eigenvalue weighted by molar-refractivity contribution is 7.89. The van der Waals surface area contributed by atoms with E-state index < -0.39 is 15.9 Å². The summed E-state index contributed by atoms with van der Waals surface area (Å²) >= 11 is 0. The minimum absolute atomic E-state index is 0.0560. The summed E-state index contributed by atoms with van der Waals surface area (Å²) in [6.45, 7) is 0.0560. The summed E-state index contributed by atoms with van der Waals surface area (Å²) in [5, 5.41) is 10.7. The molecule has 0 aliphatic carbocycles. The molecule has 0 aromatic heterocycles. The van der Waals surface area contributed by atoms with E-state index in [0.717, 1.165) is 6.26 Å². The molecule has 0 bridgehead atoms. The van der Waals surface area contributed by atoms with Crippen LogP contribution in [-0.2, 0) is 22.1 Å². The third kappa shape index (κ3) is 4.73. The number of nitrogens with one attached hydrogen (secondary N) is 1. The number of carboxylic acid groups (broad SMARTS) is 1. The molecule has 0 fully saturated rings. The van der Waals surface area contributed by atoms with Crippen LogP contribution in [0.1, 0.15) is 11.1 Å². The van der Waals surface area contributed by atoms with Gasteiger partial charge in [-0.05, 0) is 23.3 Å². The van der Waals surface area contributed by atoms with Crippen LogP contribution in [0.15, 0.2) is 18.2 Å². The summed E-state index contributed by atoms with van der Waals surface area (Å²) in [5.74, 6) is -0.158. The first-order valence-corrected chi connectivity index (χ1v) is 6.86. The molecule has 1 aromatic rings. The fourth-order valence-corrected chi connectivity index (χ4v) is 2.24. The van der Waals surface area contributed by atoms with Gasteiger partial charge in [0.15, 0.2) is 9.84 Å². The molecule has 0 radical (unpaired) electrons. The van der Waals surface area contributed by atoms with Gasteiger partial charge in [0.1, 0.15) is 0 Å². The Morgan fingerprint density at radius 2 is 2.06 bits per heavy atom. The van der Waals surface area contributed by atoms with Gasteiger partial charge in [-0.3, -0.25) is 0 Å². The second-order valence-corrected chi connectivity index (χ2v) is 5.90. The van der Waals surface area contributed by atoms with Crippen molar-refractivity contribution in [2.75, 3.05) is 12.0 Å². The van der Waals surface area contributed by atoms with Crippen molar-refractivity contribution in [2.45, 2.75) is 12.3 Å². The predicted octanol–water partition coefficient (Wildman–Crippen LogP) is 0.581. The average Bonchev–Trinajstić information content (AvgIpc) is 2.13. The maximum atomic E-state index is 11.2. The minimum Gasteiger partial charge on any atom is -0.465 e. The maximum Gasteiger partial charge on any atom is 0.404 e. The number of nitrogens with two attached hydrogens (primary N) is 1. The Balaban J connectivity index is 2.99. The first kappa shape index (κ1) is 13.3. The van der Waals surface area contributed by atoms with E-state index in [9.17, 15) is 13.2 Å². The summed E-state index contributed by atoms with van der Waals surface area (Å²) < 4.78 is 22.4. The van der Waals surface area contributed by atoms with E-state index in [0.29, 0.717) is 16.8 Å². The lowest BCUT2D eigenvalue weighted by atomic mass is 10.1. The van der Waals surface area contributed by atoms with Crippen molar-refractivity contribution < 1.29 is 18.3 Å². The van der Waals surface area contributed by atoms with Crippen molar-refractivity contribution in [1.82, 2.24) is 5.32 Å². The largest absolute Gasteiger partial charge is 0.465 e. The summed E-state index contributed by atoms with van der Waals surface area (Å²) in [6, 6.07) is 4.76. The zero-order chi connectivity index (χ0) is 13.1. The van der Waals surface area contributed by atoms with E-state index in [4.69, 9.17) is 10.8 Å². The highest BCUT2D eigenvalue weighted by Crippen LogP contribution is 2.16. The quantitative estimate of drug-likeness (QED) is 0.684. The van der Waals surface area contributed by atoms with Crippen LogP contribution >= 0.6 is 0 Å². The average molecular weight is 258 g/mol. The molecule has 4 N–H and O–H groups in total. The second-order valence-electron chi connectivity index (χ2n) is 3.76. The van der Waals surface area contributed by atoms with E-state index >= 15 is 0 Å². The Kier molecular flexibility index (Phi) is 3.95. The zero-order valence-corrected chi connectivity index (χ0v) is 10.1. The molecule has 94 valence electrons. The third-order valence-electron chi connectivity index (χ3n) is 2.08. The molecule has 7 heteroatoms. The Morgan fingerprint density at radius 3 is 2.59 bits per heavy atom. The Hall–Kier alpha value is -1.76. The predicted molar refractivity (Wildman–Crippen MR) is 64.3 cm³/mol. The number of benzene rings is 1. The van der Waals surface area contributed by atoms with Crippen LogP contribution in [0.5, 0.6) is 0 Å². The fraction of sp³-hybridized carbons (Fsp3) is 0.300. The van der Waals surface area contributed by atoms with Gasteiger partial charge in [-0.25, -0.2) is 13.2 Å². The van der Waals surface area contributed by atoms with Gasteiger partial charge < -0.3 is 16.2 Å². The molecule has 6 nitrogen and oxygen atoms in total. The lowest BCUT2D eigenvalue weighted by molar-refractivity contribution is 0.194. The first-order valence-electron chi connectivity index (χ1n) is 4.80. The van der Waals surface area contributed by atoms with Gasteiger partial charge in [0.25, 0.3) is 0 Å². The van der Waals surface area contributed by atoms with Crippen LogP contribution in [0.2, 0.25) is 0 Å². The molecule has 0 atom stereocenters. The van der Waals surface area contributed by atoms with Crippen LogP contribution < -0.4 is 11.1 Å². The molecule has 0 unspecified atom stereocenters. The van der Waals surface area contributed by atoms with Crippen LogP contribution in [0.3, 0.4) is 0 Å². The molecule has 1 aromatic carbocycles. The highest BCUT2D eigenvalue weighted by atomic mass is 32.2. The lowest BCUT2D eigenvalue weighted by Gasteiger charge is -2.09. The molecule has 0 saturated carbocycles. The molecule has 1 amide bonds. The number of amides is 1. The van der Waals surface area contributed by atoms with Gasteiger partial charge in [-0.2, -0.15) is 0 Å². The van der Waals surface area contributed by atoms with Crippen LogP contribution in [0.4, 0.5) is 10.5 Å². The van der Waals surface area contributed by atoms with Gasteiger partial charge >= 0.3 is 6.09 Å². The van der Waals surface area contributed by atoms with Gasteiger partial charge in [0, 0.05) is 18.5 Å². The molecule has 17 heavy (non-hydrogen) atoms. The number of sulfone groups is 1. The van der Waals surface area contributed by atoms with Crippen molar-refractivity contribution >= 4 is 21.6 Å². The van der Waals surface area contributed by atoms with Gasteiger partial charge in [0.2, 0.25) is 0 Å². The first-order chi connectivity index (χ1) is 7.78. The number of carbonyl (C=O) groups is 1. The number of rotatable bonds is 4. The van der Waals surface area contributed by atoms with E-state index in [-0.39, 0.29) is 12.3 Å². The summed E-state index contributed by atoms with van der Waals surface area (Å²) in [6.07, 6.45) is -0.0444. The number of nitrogen functional groups attached to an aromatic ring is 1. The van der Waals surface area contributed by atoms with Gasteiger partial charge in [-0.15, -0.1) is 0 Å². The van der Waals surface area contributed by atoms with Crippen molar-refractivity contribution in [3.63, 3.8) is 0 Å². The number of anilines is 1. The van der Waals surface area contributed by atoms with Crippen LogP contribution in [0.25, 0.3) is 0 Å². The van der Waals surface area contributed by atoms with E-state index in [1.807, 2.05) is 0 Å². The molecule has 0 spiro atoms. The Bertz CT molecular complexity index is 525. The third-order valence-corrected chi connectivity index (χ3v) is 2.91. The molecule has 0 heterocycles. The van der Waals surface area contributed by atoms with Crippen molar-refractivity contribution in [2.24, 2.45) is 0 Å². The number of hydrogen-bond donors (Lipinski definition) is 3. The van der Waals surface area contributed by atoms with Crippen molar-refractivity contribution in [3.8, 4) is 0 Å². The SMILES string of the molecule is CS(=O)(=O)Cc1cc(N)ccc1CNC(=O)O. The minimum atomic E-state index is -3.19. The maximum absolute atomic E-state index is 11.2. The van der Waals surface area contributed by atoms with E-state index in [1.54, 1.807) is 18.2 Å². The molecule has 1 rings (SSSR count). The topological polar surface area (TPSA) is 109 Å². The molecular formula is C10H14N2O4S. The summed E-state index contributed by atoms with van der Waals surface area (Å²) in [4.78, 5) is 10.4. The van der Waals surface area contributed by atoms with Crippen molar-refractivity contribution in [1.29, 1.82) is 0 Å². The van der Waals surface area contributed by atoms with Gasteiger partial charge in [-0.1, -0.05) is 6.07 Å². The van der Waals surface area contributed by atoms with Crippen molar-refractivity contribution in [3.05, 3.63) is 29.3 Å². The molecule has 0 aliphatic rings. The van der Waals surface area contributed by atoms with E-state index in [1.165, 1.54) is 0 Å².